The maximum absolute atomic E-state index is 11.9. The van der Waals surface area contributed by atoms with Crippen LogP contribution in [0.25, 0.3) is 0 Å². The Bertz CT molecular complexity index is 298. The molecule has 2 heterocycles. The van der Waals surface area contributed by atoms with Crippen molar-refractivity contribution in [2.45, 2.75) is 45.8 Å². The van der Waals surface area contributed by atoms with Crippen LogP contribution in [0.3, 0.4) is 0 Å². The maximum Gasteiger partial charge on any atom is 0.410 e. The van der Waals surface area contributed by atoms with Gasteiger partial charge >= 0.3 is 6.09 Å². The third-order valence-corrected chi connectivity index (χ3v) is 3.46. The van der Waals surface area contributed by atoms with Crippen molar-refractivity contribution in [2.75, 3.05) is 19.6 Å². The molecule has 0 radical (unpaired) electrons. The van der Waals surface area contributed by atoms with Gasteiger partial charge in [0, 0.05) is 24.5 Å². The lowest BCUT2D eigenvalue weighted by Crippen LogP contribution is -2.71. The molecule has 0 spiro atoms. The topological polar surface area (TPSA) is 41.6 Å². The Labute approximate surface area is 97.3 Å². The first kappa shape index (κ1) is 11.7. The number of nitrogens with zero attached hydrogens (tertiary/aromatic N) is 1. The molecule has 2 fully saturated rings. The first-order valence-electron chi connectivity index (χ1n) is 6.02. The van der Waals surface area contributed by atoms with E-state index in [0.717, 1.165) is 26.1 Å². The predicted molar refractivity (Wildman–Crippen MR) is 62.3 cm³/mol. The second-order valence-electron chi connectivity index (χ2n) is 6.24. The van der Waals surface area contributed by atoms with Gasteiger partial charge in [0.15, 0.2) is 0 Å². The molecule has 0 aliphatic carbocycles. The van der Waals surface area contributed by atoms with E-state index < -0.39 is 5.60 Å². The summed E-state index contributed by atoms with van der Waals surface area (Å²) in [6.07, 6.45) is 0.882. The monoisotopic (exact) mass is 226 g/mol. The lowest BCUT2D eigenvalue weighted by Gasteiger charge is -2.58. The number of rotatable bonds is 0. The molecule has 0 aromatic carbocycles. The fraction of sp³-hybridized carbons (Fsp3) is 0.917. The lowest BCUT2D eigenvalue weighted by atomic mass is 9.70. The summed E-state index contributed by atoms with van der Waals surface area (Å²) in [6.45, 7) is 10.8. The van der Waals surface area contributed by atoms with Gasteiger partial charge < -0.3 is 15.0 Å². The van der Waals surface area contributed by atoms with Crippen LogP contribution < -0.4 is 5.32 Å². The van der Waals surface area contributed by atoms with E-state index in [2.05, 4.69) is 12.2 Å². The molecule has 2 rings (SSSR count). The second kappa shape index (κ2) is 3.62. The zero-order valence-electron chi connectivity index (χ0n) is 10.7. The molecule has 0 saturated carbocycles. The highest BCUT2D eigenvalue weighted by Crippen LogP contribution is 2.41. The molecule has 0 aromatic heterocycles. The van der Waals surface area contributed by atoms with E-state index in [1.54, 1.807) is 0 Å². The molecule has 0 unspecified atom stereocenters. The zero-order chi connectivity index (χ0) is 12.0. The average Bonchev–Trinajstić information content (AvgIpc) is 2.09. The van der Waals surface area contributed by atoms with Crippen molar-refractivity contribution < 1.29 is 9.53 Å². The highest BCUT2D eigenvalue weighted by molar-refractivity contribution is 5.70. The summed E-state index contributed by atoms with van der Waals surface area (Å²) in [4.78, 5) is 13.8. The summed E-state index contributed by atoms with van der Waals surface area (Å²) >= 11 is 0. The van der Waals surface area contributed by atoms with E-state index in [0.29, 0.717) is 6.04 Å². The van der Waals surface area contributed by atoms with Crippen molar-refractivity contribution in [2.24, 2.45) is 5.41 Å². The Morgan fingerprint density at radius 1 is 1.50 bits per heavy atom. The first-order valence-corrected chi connectivity index (χ1v) is 6.02. The molecular weight excluding hydrogens is 204 g/mol. The van der Waals surface area contributed by atoms with Crippen LogP contribution in [0.1, 0.15) is 34.1 Å². The van der Waals surface area contributed by atoms with Gasteiger partial charge in [-0.05, 0) is 33.7 Å². The summed E-state index contributed by atoms with van der Waals surface area (Å²) in [6, 6.07) is 0.364. The van der Waals surface area contributed by atoms with Crippen molar-refractivity contribution in [1.82, 2.24) is 10.2 Å². The van der Waals surface area contributed by atoms with Crippen LogP contribution in [0.5, 0.6) is 0 Å². The lowest BCUT2D eigenvalue weighted by molar-refractivity contribution is -0.0841. The number of carbonyl (C=O) groups excluding carboxylic acids is 1. The second-order valence-corrected chi connectivity index (χ2v) is 6.24. The number of piperidine rings is 1. The molecule has 0 bridgehead atoms. The highest BCUT2D eigenvalue weighted by atomic mass is 16.6. The molecule has 4 heteroatoms. The van der Waals surface area contributed by atoms with Crippen molar-refractivity contribution in [3.05, 3.63) is 0 Å². The quantitative estimate of drug-likeness (QED) is 0.682. The molecule has 2 aliphatic rings. The van der Waals surface area contributed by atoms with Crippen molar-refractivity contribution >= 4 is 6.09 Å². The molecule has 0 aromatic rings. The predicted octanol–water partition coefficient (Wildman–Crippen LogP) is 1.61. The molecule has 2 atom stereocenters. The summed E-state index contributed by atoms with van der Waals surface area (Å²) in [7, 11) is 0. The van der Waals surface area contributed by atoms with E-state index in [9.17, 15) is 4.79 Å². The van der Waals surface area contributed by atoms with Gasteiger partial charge in [-0.2, -0.15) is 0 Å². The SMILES string of the molecule is CC(C)(C)OC(=O)N1C[C@]2(C)CNCC[C@H]12. The average molecular weight is 226 g/mol. The van der Waals surface area contributed by atoms with Gasteiger partial charge in [-0.1, -0.05) is 6.92 Å². The van der Waals surface area contributed by atoms with E-state index in [-0.39, 0.29) is 11.5 Å². The molecule has 92 valence electrons. The summed E-state index contributed by atoms with van der Waals surface area (Å²) in [5, 5.41) is 3.39. The van der Waals surface area contributed by atoms with Crippen LogP contribution in [0.15, 0.2) is 0 Å². The van der Waals surface area contributed by atoms with Gasteiger partial charge in [-0.15, -0.1) is 0 Å². The standard InChI is InChI=1S/C12H22N2O2/c1-11(2,3)16-10(15)14-8-12(4)7-13-6-5-9(12)14/h9,13H,5-8H2,1-4H3/t9-,12-/m0/s1. The van der Waals surface area contributed by atoms with E-state index >= 15 is 0 Å². The normalized spacial score (nSPS) is 34.0. The van der Waals surface area contributed by atoms with Gasteiger partial charge in [-0.25, -0.2) is 4.79 Å². The number of hydrogen-bond acceptors (Lipinski definition) is 3. The minimum atomic E-state index is -0.393. The highest BCUT2D eigenvalue weighted by Gasteiger charge is 2.53. The van der Waals surface area contributed by atoms with Gasteiger partial charge in [0.1, 0.15) is 5.60 Å². The Morgan fingerprint density at radius 3 is 2.75 bits per heavy atom. The van der Waals surface area contributed by atoms with Gasteiger partial charge in [0.05, 0.1) is 0 Å². The van der Waals surface area contributed by atoms with Gasteiger partial charge in [0.2, 0.25) is 0 Å². The Morgan fingerprint density at radius 2 is 2.19 bits per heavy atom. The van der Waals surface area contributed by atoms with Crippen LogP contribution in [0, 0.1) is 5.41 Å². The van der Waals surface area contributed by atoms with Crippen LogP contribution in [-0.4, -0.2) is 42.3 Å². The molecule has 1 N–H and O–H groups in total. The molecular formula is C12H22N2O2. The minimum absolute atomic E-state index is 0.156. The number of carbonyl (C=O) groups is 1. The Kier molecular flexibility index (Phi) is 2.65. The van der Waals surface area contributed by atoms with E-state index in [4.69, 9.17) is 4.74 Å². The Hall–Kier alpha value is -0.770. The third kappa shape index (κ3) is 2.03. The summed E-state index contributed by atoms with van der Waals surface area (Å²) in [5.41, 5.74) is -0.134. The molecule has 16 heavy (non-hydrogen) atoms. The number of hydrogen-bond donors (Lipinski definition) is 1. The zero-order valence-corrected chi connectivity index (χ0v) is 10.7. The number of nitrogens with one attached hydrogen (secondary N) is 1. The summed E-state index contributed by atoms with van der Waals surface area (Å²) < 4.78 is 5.40. The molecule has 4 nitrogen and oxygen atoms in total. The smallest absolute Gasteiger partial charge is 0.410 e. The Balaban J connectivity index is 1.96. The van der Waals surface area contributed by atoms with Crippen molar-refractivity contribution in [1.29, 1.82) is 0 Å². The molecule has 1 amide bonds. The largest absolute Gasteiger partial charge is 0.444 e. The summed E-state index contributed by atoms with van der Waals surface area (Å²) in [5.74, 6) is 0. The fourth-order valence-corrected chi connectivity index (χ4v) is 2.67. The van der Waals surface area contributed by atoms with Gasteiger partial charge in [-0.3, -0.25) is 0 Å². The molecule has 2 aliphatic heterocycles. The van der Waals surface area contributed by atoms with Crippen LogP contribution >= 0.6 is 0 Å². The third-order valence-electron chi connectivity index (χ3n) is 3.46. The van der Waals surface area contributed by atoms with E-state index in [1.807, 2.05) is 25.7 Å². The molecule has 2 saturated heterocycles. The van der Waals surface area contributed by atoms with Crippen LogP contribution in [0.4, 0.5) is 4.79 Å². The minimum Gasteiger partial charge on any atom is -0.444 e. The van der Waals surface area contributed by atoms with Crippen LogP contribution in [-0.2, 0) is 4.74 Å². The van der Waals surface area contributed by atoms with Crippen molar-refractivity contribution in [3.63, 3.8) is 0 Å². The van der Waals surface area contributed by atoms with Crippen molar-refractivity contribution in [3.8, 4) is 0 Å². The number of amides is 1. The number of fused-ring (bicyclic) bond motifs is 1. The fourth-order valence-electron chi connectivity index (χ4n) is 2.67. The van der Waals surface area contributed by atoms with Gasteiger partial charge in [0.25, 0.3) is 0 Å². The number of likely N-dealkylation sites (tertiary alicyclic amines) is 1. The van der Waals surface area contributed by atoms with Crippen LogP contribution in [0.2, 0.25) is 0 Å². The number of ether oxygens (including phenoxy) is 1. The maximum atomic E-state index is 11.9. The van der Waals surface area contributed by atoms with E-state index in [1.165, 1.54) is 0 Å². The first-order chi connectivity index (χ1) is 7.32.